The summed E-state index contributed by atoms with van der Waals surface area (Å²) in [5.74, 6) is 1.21. The van der Waals surface area contributed by atoms with Gasteiger partial charge in [-0.05, 0) is 18.8 Å². The lowest BCUT2D eigenvalue weighted by Gasteiger charge is -2.36. The average molecular weight is 270 g/mol. The Balaban J connectivity index is 2.25. The first-order valence-electron chi connectivity index (χ1n) is 6.55. The molecule has 1 N–H and O–H groups in total. The van der Waals surface area contributed by atoms with Crippen LogP contribution in [0.15, 0.2) is 6.33 Å². The molecule has 5 heteroatoms. The highest BCUT2D eigenvalue weighted by Crippen LogP contribution is 2.28. The largest absolute Gasteiger partial charge is 0.393 e. The second kappa shape index (κ2) is 5.85. The highest BCUT2D eigenvalue weighted by molar-refractivity contribution is 6.30. The fourth-order valence-corrected chi connectivity index (χ4v) is 2.67. The van der Waals surface area contributed by atoms with Gasteiger partial charge in [0, 0.05) is 18.7 Å². The summed E-state index contributed by atoms with van der Waals surface area (Å²) in [4.78, 5) is 10.7. The molecule has 0 bridgehead atoms. The Labute approximate surface area is 113 Å². The zero-order valence-electron chi connectivity index (χ0n) is 10.9. The maximum atomic E-state index is 9.78. The third kappa shape index (κ3) is 2.75. The van der Waals surface area contributed by atoms with E-state index in [-0.39, 0.29) is 12.0 Å². The van der Waals surface area contributed by atoms with Gasteiger partial charge >= 0.3 is 0 Å². The molecular formula is C13H20ClN3O. The van der Waals surface area contributed by atoms with Crippen molar-refractivity contribution < 1.29 is 5.11 Å². The van der Waals surface area contributed by atoms with Crippen LogP contribution >= 0.6 is 11.6 Å². The minimum atomic E-state index is -0.201. The van der Waals surface area contributed by atoms with Crippen LogP contribution in [0.1, 0.15) is 32.3 Å². The van der Waals surface area contributed by atoms with Crippen molar-refractivity contribution >= 4 is 17.4 Å². The molecule has 1 saturated heterocycles. The monoisotopic (exact) mass is 269 g/mol. The molecule has 0 radical (unpaired) electrons. The van der Waals surface area contributed by atoms with E-state index in [4.69, 9.17) is 11.6 Å². The van der Waals surface area contributed by atoms with Crippen molar-refractivity contribution in [1.82, 2.24) is 9.97 Å². The third-order valence-corrected chi connectivity index (χ3v) is 3.86. The summed E-state index contributed by atoms with van der Waals surface area (Å²) < 4.78 is 0. The Bertz CT molecular complexity index is 413. The summed E-state index contributed by atoms with van der Waals surface area (Å²) in [6.45, 7) is 5.84. The molecule has 2 unspecified atom stereocenters. The number of rotatable bonds is 3. The molecule has 0 saturated carbocycles. The lowest BCUT2D eigenvalue weighted by Crippen LogP contribution is -2.42. The molecule has 1 aliphatic rings. The quantitative estimate of drug-likeness (QED) is 0.856. The number of piperidine rings is 1. The number of nitrogens with zero attached hydrogens (tertiary/aromatic N) is 3. The number of halogens is 1. The summed E-state index contributed by atoms with van der Waals surface area (Å²) in [6.07, 6.45) is 4.02. The molecule has 0 spiro atoms. The Morgan fingerprint density at radius 1 is 1.50 bits per heavy atom. The zero-order chi connectivity index (χ0) is 13.1. The minimum Gasteiger partial charge on any atom is -0.393 e. The Hall–Kier alpha value is -0.870. The van der Waals surface area contributed by atoms with E-state index in [1.54, 1.807) is 0 Å². The van der Waals surface area contributed by atoms with E-state index in [0.717, 1.165) is 43.7 Å². The van der Waals surface area contributed by atoms with Gasteiger partial charge in [0.25, 0.3) is 0 Å². The molecule has 4 nitrogen and oxygen atoms in total. The maximum absolute atomic E-state index is 9.78. The SMILES string of the molecule is CCCc1c(Cl)ncnc1N1CCC(O)C(C)C1. The highest BCUT2D eigenvalue weighted by atomic mass is 35.5. The summed E-state index contributed by atoms with van der Waals surface area (Å²) in [5, 5.41) is 10.3. The Morgan fingerprint density at radius 2 is 2.28 bits per heavy atom. The summed E-state index contributed by atoms with van der Waals surface area (Å²) in [6, 6.07) is 0. The Kier molecular flexibility index (Phi) is 4.40. The van der Waals surface area contributed by atoms with Crippen molar-refractivity contribution in [1.29, 1.82) is 0 Å². The first-order chi connectivity index (χ1) is 8.63. The van der Waals surface area contributed by atoms with Gasteiger partial charge in [-0.25, -0.2) is 9.97 Å². The third-order valence-electron chi connectivity index (χ3n) is 3.53. The van der Waals surface area contributed by atoms with Gasteiger partial charge in [0.15, 0.2) is 0 Å². The fraction of sp³-hybridized carbons (Fsp3) is 0.692. The van der Waals surface area contributed by atoms with E-state index in [1.165, 1.54) is 6.33 Å². The lowest BCUT2D eigenvalue weighted by molar-refractivity contribution is 0.0968. The molecular weight excluding hydrogens is 250 g/mol. The van der Waals surface area contributed by atoms with Crippen molar-refractivity contribution in [3.8, 4) is 0 Å². The van der Waals surface area contributed by atoms with Crippen molar-refractivity contribution in [2.24, 2.45) is 5.92 Å². The van der Waals surface area contributed by atoms with E-state index < -0.39 is 0 Å². The average Bonchev–Trinajstić information content (AvgIpc) is 2.35. The molecule has 1 aliphatic heterocycles. The van der Waals surface area contributed by atoms with Crippen LogP contribution in [-0.4, -0.2) is 34.3 Å². The van der Waals surface area contributed by atoms with Gasteiger partial charge in [-0.2, -0.15) is 0 Å². The van der Waals surface area contributed by atoms with Crippen LogP contribution in [0.3, 0.4) is 0 Å². The molecule has 0 aliphatic carbocycles. The number of hydrogen-bond acceptors (Lipinski definition) is 4. The number of aliphatic hydroxyl groups excluding tert-OH is 1. The minimum absolute atomic E-state index is 0.201. The van der Waals surface area contributed by atoms with Crippen LogP contribution < -0.4 is 4.90 Å². The normalized spacial score (nSPS) is 24.3. The second-order valence-corrected chi connectivity index (χ2v) is 5.35. The summed E-state index contributed by atoms with van der Waals surface area (Å²) >= 11 is 6.17. The van der Waals surface area contributed by atoms with Gasteiger partial charge < -0.3 is 10.0 Å². The van der Waals surface area contributed by atoms with Crippen molar-refractivity contribution in [2.45, 2.75) is 39.2 Å². The van der Waals surface area contributed by atoms with E-state index in [9.17, 15) is 5.11 Å². The molecule has 1 aromatic heterocycles. The maximum Gasteiger partial charge on any atom is 0.137 e. The first-order valence-corrected chi connectivity index (χ1v) is 6.93. The first kappa shape index (κ1) is 13.6. The van der Waals surface area contributed by atoms with Gasteiger partial charge in [0.1, 0.15) is 17.3 Å². The van der Waals surface area contributed by atoms with E-state index >= 15 is 0 Å². The predicted octanol–water partition coefficient (Wildman–Crippen LogP) is 2.29. The van der Waals surface area contributed by atoms with E-state index in [2.05, 4.69) is 28.7 Å². The van der Waals surface area contributed by atoms with Gasteiger partial charge in [0.05, 0.1) is 6.10 Å². The standard InChI is InChI=1S/C13H20ClN3O/c1-3-4-10-12(14)15-8-16-13(10)17-6-5-11(18)9(2)7-17/h8-9,11,18H,3-7H2,1-2H3. The molecule has 0 amide bonds. The summed E-state index contributed by atoms with van der Waals surface area (Å²) in [5.41, 5.74) is 1.03. The van der Waals surface area contributed by atoms with Crippen molar-refractivity contribution in [3.05, 3.63) is 17.0 Å². The lowest BCUT2D eigenvalue weighted by atomic mass is 9.96. The van der Waals surface area contributed by atoms with Crippen molar-refractivity contribution in [3.63, 3.8) is 0 Å². The zero-order valence-corrected chi connectivity index (χ0v) is 11.7. The van der Waals surface area contributed by atoms with Gasteiger partial charge in [0.2, 0.25) is 0 Å². The Morgan fingerprint density at radius 3 is 2.94 bits per heavy atom. The van der Waals surface area contributed by atoms with Gasteiger partial charge in [-0.3, -0.25) is 0 Å². The second-order valence-electron chi connectivity index (χ2n) is 5.00. The summed E-state index contributed by atoms with van der Waals surface area (Å²) in [7, 11) is 0. The molecule has 18 heavy (non-hydrogen) atoms. The molecule has 1 aromatic rings. The molecule has 1 fully saturated rings. The highest BCUT2D eigenvalue weighted by Gasteiger charge is 2.26. The van der Waals surface area contributed by atoms with Crippen LogP contribution in [-0.2, 0) is 6.42 Å². The molecule has 0 aromatic carbocycles. The van der Waals surface area contributed by atoms with Crippen LogP contribution in [0.25, 0.3) is 0 Å². The van der Waals surface area contributed by atoms with Crippen molar-refractivity contribution in [2.75, 3.05) is 18.0 Å². The topological polar surface area (TPSA) is 49.2 Å². The molecule has 2 heterocycles. The van der Waals surface area contributed by atoms with Crippen LogP contribution in [0, 0.1) is 5.92 Å². The predicted molar refractivity (Wildman–Crippen MR) is 73.0 cm³/mol. The van der Waals surface area contributed by atoms with Crippen LogP contribution in [0.4, 0.5) is 5.82 Å². The van der Waals surface area contributed by atoms with Gasteiger partial charge in [-0.15, -0.1) is 0 Å². The molecule has 2 atom stereocenters. The molecule has 100 valence electrons. The van der Waals surface area contributed by atoms with E-state index in [0.29, 0.717) is 5.15 Å². The molecule has 2 rings (SSSR count). The number of hydrogen-bond donors (Lipinski definition) is 1. The fourth-order valence-electron chi connectivity index (χ4n) is 2.45. The number of aromatic nitrogens is 2. The van der Waals surface area contributed by atoms with Crippen LogP contribution in [0.2, 0.25) is 5.15 Å². The van der Waals surface area contributed by atoms with E-state index in [1.807, 2.05) is 0 Å². The number of aliphatic hydroxyl groups is 1. The number of anilines is 1. The smallest absolute Gasteiger partial charge is 0.137 e. The van der Waals surface area contributed by atoms with Crippen LogP contribution in [0.5, 0.6) is 0 Å². The van der Waals surface area contributed by atoms with Gasteiger partial charge in [-0.1, -0.05) is 31.9 Å².